The molecule has 0 spiro atoms. The molecular formula is C17H19N5O. The molecule has 0 radical (unpaired) electrons. The fraction of sp³-hybridized carbons (Fsp3) is 0.353. The summed E-state index contributed by atoms with van der Waals surface area (Å²) >= 11 is 0. The molecule has 6 nitrogen and oxygen atoms in total. The van der Waals surface area contributed by atoms with Crippen LogP contribution in [0.5, 0.6) is 0 Å². The molecule has 1 amide bonds. The SMILES string of the molecule is N#CCC(C1CCC1)n1cc(C(N)=O)c(Nc2ccccc2)n1. The molecule has 1 unspecified atom stereocenters. The molecule has 1 heterocycles. The lowest BCUT2D eigenvalue weighted by molar-refractivity contribution is 0.100. The van der Waals surface area contributed by atoms with Crippen molar-refractivity contribution in [3.8, 4) is 6.07 Å². The summed E-state index contributed by atoms with van der Waals surface area (Å²) in [5.74, 6) is 0.352. The second-order valence-electron chi connectivity index (χ2n) is 5.85. The average Bonchev–Trinajstić information content (AvgIpc) is 2.90. The van der Waals surface area contributed by atoms with E-state index in [-0.39, 0.29) is 6.04 Å². The topological polar surface area (TPSA) is 96.7 Å². The van der Waals surface area contributed by atoms with Crippen molar-refractivity contribution in [2.75, 3.05) is 5.32 Å². The van der Waals surface area contributed by atoms with E-state index in [2.05, 4.69) is 16.5 Å². The Labute approximate surface area is 134 Å². The van der Waals surface area contributed by atoms with E-state index in [4.69, 9.17) is 11.0 Å². The van der Waals surface area contributed by atoms with Crippen molar-refractivity contribution < 1.29 is 4.79 Å². The molecule has 3 N–H and O–H groups in total. The summed E-state index contributed by atoms with van der Waals surface area (Å²) in [5.41, 5.74) is 6.66. The van der Waals surface area contributed by atoms with E-state index in [1.54, 1.807) is 10.9 Å². The van der Waals surface area contributed by atoms with Crippen LogP contribution in [0.4, 0.5) is 11.5 Å². The van der Waals surface area contributed by atoms with Gasteiger partial charge < -0.3 is 11.1 Å². The van der Waals surface area contributed by atoms with Crippen LogP contribution in [0.15, 0.2) is 36.5 Å². The van der Waals surface area contributed by atoms with Crippen molar-refractivity contribution in [2.24, 2.45) is 11.7 Å². The van der Waals surface area contributed by atoms with Crippen molar-refractivity contribution in [1.29, 1.82) is 5.26 Å². The number of aromatic nitrogens is 2. The lowest BCUT2D eigenvalue weighted by Gasteiger charge is -2.32. The molecule has 1 aliphatic carbocycles. The summed E-state index contributed by atoms with van der Waals surface area (Å²) < 4.78 is 1.73. The summed E-state index contributed by atoms with van der Waals surface area (Å²) in [6, 6.07) is 11.7. The molecule has 0 aliphatic heterocycles. The monoisotopic (exact) mass is 309 g/mol. The normalized spacial score (nSPS) is 15.4. The van der Waals surface area contributed by atoms with E-state index in [0.29, 0.717) is 23.7 Å². The molecular weight excluding hydrogens is 290 g/mol. The first-order chi connectivity index (χ1) is 11.2. The Morgan fingerprint density at radius 2 is 2.17 bits per heavy atom. The van der Waals surface area contributed by atoms with E-state index >= 15 is 0 Å². The number of primary amides is 1. The van der Waals surface area contributed by atoms with Gasteiger partial charge in [0, 0.05) is 11.9 Å². The minimum atomic E-state index is -0.529. The van der Waals surface area contributed by atoms with Gasteiger partial charge in [0.1, 0.15) is 5.56 Å². The van der Waals surface area contributed by atoms with Crippen LogP contribution in [0.1, 0.15) is 42.1 Å². The summed E-state index contributed by atoms with van der Waals surface area (Å²) in [6.07, 6.45) is 5.42. The van der Waals surface area contributed by atoms with Crippen molar-refractivity contribution in [3.63, 3.8) is 0 Å². The maximum Gasteiger partial charge on any atom is 0.254 e. The molecule has 118 valence electrons. The Kier molecular flexibility index (Phi) is 4.29. The number of rotatable bonds is 6. The quantitative estimate of drug-likeness (QED) is 0.857. The Bertz CT molecular complexity index is 727. The average molecular weight is 309 g/mol. The molecule has 6 heteroatoms. The Hall–Kier alpha value is -2.81. The zero-order valence-corrected chi connectivity index (χ0v) is 12.8. The molecule has 1 aromatic heterocycles. The summed E-state index contributed by atoms with van der Waals surface area (Å²) in [4.78, 5) is 11.7. The number of carbonyl (C=O) groups is 1. The maximum absolute atomic E-state index is 11.7. The molecule has 1 saturated carbocycles. The number of para-hydroxylation sites is 1. The van der Waals surface area contributed by atoms with E-state index < -0.39 is 5.91 Å². The highest BCUT2D eigenvalue weighted by Crippen LogP contribution is 2.38. The predicted molar refractivity (Wildman–Crippen MR) is 87.1 cm³/mol. The van der Waals surface area contributed by atoms with Crippen molar-refractivity contribution in [1.82, 2.24) is 9.78 Å². The highest BCUT2D eigenvalue weighted by molar-refractivity contribution is 5.98. The van der Waals surface area contributed by atoms with Gasteiger partial charge in [0.05, 0.1) is 18.5 Å². The molecule has 1 aliphatic rings. The Balaban J connectivity index is 1.91. The molecule has 1 atom stereocenters. The number of hydrogen-bond acceptors (Lipinski definition) is 4. The largest absolute Gasteiger partial charge is 0.365 e. The molecule has 2 aromatic rings. The van der Waals surface area contributed by atoms with Gasteiger partial charge in [-0.2, -0.15) is 10.4 Å². The van der Waals surface area contributed by atoms with Crippen LogP contribution in [-0.2, 0) is 0 Å². The number of nitrogens with zero attached hydrogens (tertiary/aromatic N) is 3. The van der Waals surface area contributed by atoms with Crippen molar-refractivity contribution in [3.05, 3.63) is 42.1 Å². The van der Waals surface area contributed by atoms with E-state index in [9.17, 15) is 4.79 Å². The lowest BCUT2D eigenvalue weighted by Crippen LogP contribution is -2.25. The lowest BCUT2D eigenvalue weighted by atomic mass is 9.79. The van der Waals surface area contributed by atoms with Gasteiger partial charge in [-0.05, 0) is 30.9 Å². The van der Waals surface area contributed by atoms with E-state index in [1.807, 2.05) is 30.3 Å². The molecule has 23 heavy (non-hydrogen) atoms. The van der Waals surface area contributed by atoms with Gasteiger partial charge in [-0.25, -0.2) is 0 Å². The number of amides is 1. The summed E-state index contributed by atoms with van der Waals surface area (Å²) in [7, 11) is 0. The minimum Gasteiger partial charge on any atom is -0.365 e. The van der Waals surface area contributed by atoms with Crippen molar-refractivity contribution >= 4 is 17.4 Å². The van der Waals surface area contributed by atoms with Gasteiger partial charge in [-0.3, -0.25) is 9.48 Å². The van der Waals surface area contributed by atoms with E-state index in [1.165, 1.54) is 6.42 Å². The standard InChI is InChI=1S/C17H19N5O/c18-10-9-15(12-5-4-6-12)22-11-14(16(19)23)17(21-22)20-13-7-2-1-3-8-13/h1-3,7-8,11-12,15H,4-6,9H2,(H2,19,23)(H,20,21). The number of carbonyl (C=O) groups excluding carboxylic acids is 1. The number of nitrogens with one attached hydrogen (secondary N) is 1. The first-order valence-electron chi connectivity index (χ1n) is 7.77. The van der Waals surface area contributed by atoms with Gasteiger partial charge in [0.2, 0.25) is 0 Å². The zero-order chi connectivity index (χ0) is 16.2. The Morgan fingerprint density at radius 3 is 2.74 bits per heavy atom. The van der Waals surface area contributed by atoms with Crippen LogP contribution in [-0.4, -0.2) is 15.7 Å². The molecule has 0 saturated heterocycles. The summed E-state index contributed by atoms with van der Waals surface area (Å²) in [6.45, 7) is 0. The number of nitriles is 1. The number of hydrogen-bond donors (Lipinski definition) is 2. The highest BCUT2D eigenvalue weighted by Gasteiger charge is 2.30. The van der Waals surface area contributed by atoms with Crippen LogP contribution in [0, 0.1) is 17.2 Å². The predicted octanol–water partition coefficient (Wildman–Crippen LogP) is 2.98. The number of nitrogens with two attached hydrogens (primary N) is 1. The van der Waals surface area contributed by atoms with E-state index in [0.717, 1.165) is 18.5 Å². The fourth-order valence-electron chi connectivity index (χ4n) is 2.89. The van der Waals surface area contributed by atoms with Crippen LogP contribution >= 0.6 is 0 Å². The van der Waals surface area contributed by atoms with Gasteiger partial charge in [-0.15, -0.1) is 0 Å². The van der Waals surface area contributed by atoms with Crippen LogP contribution in [0.2, 0.25) is 0 Å². The molecule has 1 aromatic carbocycles. The van der Waals surface area contributed by atoms with Gasteiger partial charge in [0.15, 0.2) is 5.82 Å². The minimum absolute atomic E-state index is 0.00169. The first kappa shape index (κ1) is 15.1. The highest BCUT2D eigenvalue weighted by atomic mass is 16.1. The molecule has 1 fully saturated rings. The smallest absolute Gasteiger partial charge is 0.254 e. The van der Waals surface area contributed by atoms with Gasteiger partial charge >= 0.3 is 0 Å². The second-order valence-corrected chi connectivity index (χ2v) is 5.85. The van der Waals surface area contributed by atoms with Crippen LogP contribution in [0.25, 0.3) is 0 Å². The third-order valence-corrected chi connectivity index (χ3v) is 4.37. The third kappa shape index (κ3) is 3.19. The van der Waals surface area contributed by atoms with Gasteiger partial charge in [-0.1, -0.05) is 24.6 Å². The number of anilines is 2. The maximum atomic E-state index is 11.7. The van der Waals surface area contributed by atoms with Gasteiger partial charge in [0.25, 0.3) is 5.91 Å². The summed E-state index contributed by atoms with van der Waals surface area (Å²) in [5, 5.41) is 16.7. The van der Waals surface area contributed by atoms with Crippen LogP contribution in [0.3, 0.4) is 0 Å². The van der Waals surface area contributed by atoms with Crippen LogP contribution < -0.4 is 11.1 Å². The molecule has 3 rings (SSSR count). The Morgan fingerprint density at radius 1 is 1.43 bits per heavy atom. The van der Waals surface area contributed by atoms with Crippen molar-refractivity contribution in [2.45, 2.75) is 31.7 Å². The second kappa shape index (κ2) is 6.53. The zero-order valence-electron chi connectivity index (χ0n) is 12.8. The third-order valence-electron chi connectivity index (χ3n) is 4.37. The first-order valence-corrected chi connectivity index (χ1v) is 7.77. The number of benzene rings is 1. The fourth-order valence-corrected chi connectivity index (χ4v) is 2.89. The molecule has 0 bridgehead atoms.